The van der Waals surface area contributed by atoms with Crippen LogP contribution in [0.15, 0.2) is 18.2 Å². The van der Waals surface area contributed by atoms with Crippen LogP contribution >= 0.6 is 11.6 Å². The van der Waals surface area contributed by atoms with Crippen LogP contribution in [0.4, 0.5) is 5.82 Å². The lowest BCUT2D eigenvalue weighted by atomic mass is 10.3. The molecule has 3 heteroatoms. The topological polar surface area (TPSA) is 16.1 Å². The summed E-state index contributed by atoms with van der Waals surface area (Å²) in [4.78, 5) is 6.60. The molecule has 0 radical (unpaired) electrons. The van der Waals surface area contributed by atoms with Crippen LogP contribution < -0.4 is 4.90 Å². The second-order valence-electron chi connectivity index (χ2n) is 3.40. The summed E-state index contributed by atoms with van der Waals surface area (Å²) in [5.74, 6) is 1.49. The molecule has 0 N–H and O–H groups in total. The molecule has 0 fully saturated rings. The van der Waals surface area contributed by atoms with Gasteiger partial charge in [0.25, 0.3) is 0 Å². The van der Waals surface area contributed by atoms with E-state index in [1.807, 2.05) is 18.2 Å². The highest BCUT2D eigenvalue weighted by Crippen LogP contribution is 2.11. The standard InChI is InChI=1S/C11H17ClN2/c1-3-4-8-14(2)11-7-5-6-10(9-12)13-11/h5-7H,3-4,8-9H2,1-2H3. The first-order valence-electron chi connectivity index (χ1n) is 5.01. The number of pyridine rings is 1. The molecule has 0 aliphatic heterocycles. The van der Waals surface area contributed by atoms with Crippen LogP contribution in [0.5, 0.6) is 0 Å². The van der Waals surface area contributed by atoms with Gasteiger partial charge in [0.2, 0.25) is 0 Å². The molecular weight excluding hydrogens is 196 g/mol. The van der Waals surface area contributed by atoms with E-state index in [0.29, 0.717) is 5.88 Å². The molecule has 0 bridgehead atoms. The zero-order chi connectivity index (χ0) is 10.4. The molecule has 0 saturated heterocycles. The minimum atomic E-state index is 0.482. The summed E-state index contributed by atoms with van der Waals surface area (Å²) in [6, 6.07) is 5.97. The van der Waals surface area contributed by atoms with E-state index in [1.165, 1.54) is 12.8 Å². The van der Waals surface area contributed by atoms with Gasteiger partial charge in [0.15, 0.2) is 0 Å². The molecule has 1 aromatic rings. The third-order valence-corrected chi connectivity index (χ3v) is 2.44. The van der Waals surface area contributed by atoms with Crippen LogP contribution in [-0.2, 0) is 5.88 Å². The lowest BCUT2D eigenvalue weighted by molar-refractivity contribution is 0.758. The fraction of sp³-hybridized carbons (Fsp3) is 0.545. The molecule has 2 nitrogen and oxygen atoms in total. The smallest absolute Gasteiger partial charge is 0.128 e. The second kappa shape index (κ2) is 5.86. The summed E-state index contributed by atoms with van der Waals surface area (Å²) in [5.41, 5.74) is 0.938. The number of aromatic nitrogens is 1. The van der Waals surface area contributed by atoms with Crippen LogP contribution in [0.1, 0.15) is 25.5 Å². The van der Waals surface area contributed by atoms with Crippen molar-refractivity contribution in [2.75, 3.05) is 18.5 Å². The maximum absolute atomic E-state index is 5.73. The molecule has 1 rings (SSSR count). The maximum Gasteiger partial charge on any atom is 0.128 e. The molecule has 0 amide bonds. The summed E-state index contributed by atoms with van der Waals surface area (Å²) in [5, 5.41) is 0. The van der Waals surface area contributed by atoms with E-state index >= 15 is 0 Å². The van der Waals surface area contributed by atoms with Crippen LogP contribution in [0.2, 0.25) is 0 Å². The maximum atomic E-state index is 5.73. The Labute approximate surface area is 90.9 Å². The van der Waals surface area contributed by atoms with Crippen LogP contribution in [0.3, 0.4) is 0 Å². The Hall–Kier alpha value is -0.760. The van der Waals surface area contributed by atoms with E-state index in [-0.39, 0.29) is 0 Å². The average molecular weight is 213 g/mol. The quantitative estimate of drug-likeness (QED) is 0.698. The van der Waals surface area contributed by atoms with E-state index in [0.717, 1.165) is 18.1 Å². The van der Waals surface area contributed by atoms with Gasteiger partial charge in [-0.3, -0.25) is 0 Å². The Morgan fingerprint density at radius 2 is 2.21 bits per heavy atom. The first-order chi connectivity index (χ1) is 6.77. The van der Waals surface area contributed by atoms with Crippen molar-refractivity contribution in [2.24, 2.45) is 0 Å². The van der Waals surface area contributed by atoms with Crippen molar-refractivity contribution in [3.8, 4) is 0 Å². The highest BCUT2D eigenvalue weighted by atomic mass is 35.5. The zero-order valence-electron chi connectivity index (χ0n) is 8.83. The molecule has 1 heterocycles. The molecule has 0 aliphatic carbocycles. The average Bonchev–Trinajstić information content (AvgIpc) is 2.26. The summed E-state index contributed by atoms with van der Waals surface area (Å²) in [6.45, 7) is 3.24. The van der Waals surface area contributed by atoms with Crippen LogP contribution in [0.25, 0.3) is 0 Å². The van der Waals surface area contributed by atoms with Crippen molar-refractivity contribution in [3.05, 3.63) is 23.9 Å². The second-order valence-corrected chi connectivity index (χ2v) is 3.66. The van der Waals surface area contributed by atoms with Gasteiger partial charge < -0.3 is 4.90 Å². The van der Waals surface area contributed by atoms with Crippen molar-refractivity contribution < 1.29 is 0 Å². The van der Waals surface area contributed by atoms with Gasteiger partial charge in [-0.05, 0) is 18.6 Å². The van der Waals surface area contributed by atoms with E-state index < -0.39 is 0 Å². The Morgan fingerprint density at radius 3 is 2.86 bits per heavy atom. The first kappa shape index (κ1) is 11.3. The van der Waals surface area contributed by atoms with Crippen molar-refractivity contribution >= 4 is 17.4 Å². The summed E-state index contributed by atoms with van der Waals surface area (Å²) in [7, 11) is 2.07. The largest absolute Gasteiger partial charge is 0.360 e. The van der Waals surface area contributed by atoms with E-state index in [4.69, 9.17) is 11.6 Å². The minimum Gasteiger partial charge on any atom is -0.360 e. The fourth-order valence-electron chi connectivity index (χ4n) is 1.26. The van der Waals surface area contributed by atoms with E-state index in [2.05, 4.69) is 23.9 Å². The molecule has 0 aliphatic rings. The predicted octanol–water partition coefficient (Wildman–Crippen LogP) is 3.06. The normalized spacial score (nSPS) is 10.2. The lowest BCUT2D eigenvalue weighted by Crippen LogP contribution is -2.19. The zero-order valence-corrected chi connectivity index (χ0v) is 9.59. The van der Waals surface area contributed by atoms with E-state index in [9.17, 15) is 0 Å². The van der Waals surface area contributed by atoms with Crippen LogP contribution in [0, 0.1) is 0 Å². The molecule has 0 unspecified atom stereocenters. The highest BCUT2D eigenvalue weighted by molar-refractivity contribution is 6.16. The van der Waals surface area contributed by atoms with Crippen molar-refractivity contribution in [3.63, 3.8) is 0 Å². The van der Waals surface area contributed by atoms with Gasteiger partial charge in [-0.25, -0.2) is 4.98 Å². The number of unbranched alkanes of at least 4 members (excludes halogenated alkanes) is 1. The number of anilines is 1. The van der Waals surface area contributed by atoms with Crippen molar-refractivity contribution in [2.45, 2.75) is 25.6 Å². The molecule has 14 heavy (non-hydrogen) atoms. The van der Waals surface area contributed by atoms with Gasteiger partial charge >= 0.3 is 0 Å². The molecule has 78 valence electrons. The molecular formula is C11H17ClN2. The van der Waals surface area contributed by atoms with Gasteiger partial charge in [0.05, 0.1) is 11.6 Å². The first-order valence-corrected chi connectivity index (χ1v) is 5.54. The van der Waals surface area contributed by atoms with Crippen LogP contribution in [-0.4, -0.2) is 18.6 Å². The van der Waals surface area contributed by atoms with Gasteiger partial charge in [-0.1, -0.05) is 19.4 Å². The highest BCUT2D eigenvalue weighted by Gasteiger charge is 2.01. The Morgan fingerprint density at radius 1 is 1.43 bits per heavy atom. The number of halogens is 1. The van der Waals surface area contributed by atoms with Crippen molar-refractivity contribution in [1.29, 1.82) is 0 Å². The molecule has 0 aromatic carbocycles. The number of nitrogens with zero attached hydrogens (tertiary/aromatic N) is 2. The number of hydrogen-bond donors (Lipinski definition) is 0. The minimum absolute atomic E-state index is 0.482. The Bertz CT molecular complexity index is 276. The number of alkyl halides is 1. The lowest BCUT2D eigenvalue weighted by Gasteiger charge is -2.17. The fourth-order valence-corrected chi connectivity index (χ4v) is 1.41. The number of hydrogen-bond acceptors (Lipinski definition) is 2. The summed E-state index contributed by atoms with van der Waals surface area (Å²) in [6.07, 6.45) is 2.41. The molecule has 0 spiro atoms. The van der Waals surface area contributed by atoms with Gasteiger partial charge in [0, 0.05) is 13.6 Å². The Kier molecular flexibility index (Phi) is 4.74. The molecule has 0 atom stereocenters. The molecule has 0 saturated carbocycles. The Balaban J connectivity index is 2.64. The predicted molar refractivity (Wildman–Crippen MR) is 62.0 cm³/mol. The summed E-state index contributed by atoms with van der Waals surface area (Å²) >= 11 is 5.73. The summed E-state index contributed by atoms with van der Waals surface area (Å²) < 4.78 is 0. The van der Waals surface area contributed by atoms with Gasteiger partial charge in [0.1, 0.15) is 5.82 Å². The third kappa shape index (κ3) is 3.18. The SMILES string of the molecule is CCCCN(C)c1cccc(CCl)n1. The third-order valence-electron chi connectivity index (χ3n) is 2.17. The monoisotopic (exact) mass is 212 g/mol. The van der Waals surface area contributed by atoms with Crippen molar-refractivity contribution in [1.82, 2.24) is 4.98 Å². The van der Waals surface area contributed by atoms with Gasteiger partial charge in [-0.15, -0.1) is 11.6 Å². The molecule has 1 aromatic heterocycles. The van der Waals surface area contributed by atoms with Gasteiger partial charge in [-0.2, -0.15) is 0 Å². The van der Waals surface area contributed by atoms with E-state index in [1.54, 1.807) is 0 Å². The number of rotatable bonds is 5.